The molecule has 0 aromatic carbocycles. The SMILES string of the molecule is Nc1cc(C(=O)O)ncc1B(O)O. The van der Waals surface area contributed by atoms with Crippen LogP contribution >= 0.6 is 0 Å². The Bertz CT molecular complexity index is 341. The van der Waals surface area contributed by atoms with Crippen molar-refractivity contribution in [1.82, 2.24) is 4.98 Å². The predicted octanol–water partition coefficient (Wildman–Crippen LogP) is -1.96. The number of aromatic nitrogens is 1. The first-order valence-electron chi connectivity index (χ1n) is 3.37. The first kappa shape index (κ1) is 9.49. The van der Waals surface area contributed by atoms with Gasteiger partial charge in [0.15, 0.2) is 0 Å². The number of nitrogen functional groups attached to an aromatic ring is 1. The minimum atomic E-state index is -1.74. The molecule has 5 N–H and O–H groups in total. The molecular formula is C6H7BN2O4. The maximum absolute atomic E-state index is 10.4. The van der Waals surface area contributed by atoms with E-state index in [4.69, 9.17) is 20.9 Å². The average Bonchev–Trinajstić information content (AvgIpc) is 2.03. The molecular weight excluding hydrogens is 175 g/mol. The van der Waals surface area contributed by atoms with Gasteiger partial charge in [-0.2, -0.15) is 0 Å². The number of carboxylic acids is 1. The maximum atomic E-state index is 10.4. The van der Waals surface area contributed by atoms with Gasteiger partial charge in [0, 0.05) is 17.3 Å². The van der Waals surface area contributed by atoms with Gasteiger partial charge in [0.25, 0.3) is 0 Å². The van der Waals surface area contributed by atoms with Crippen LogP contribution in [0.5, 0.6) is 0 Å². The van der Waals surface area contributed by atoms with E-state index in [0.717, 1.165) is 12.3 Å². The Hall–Kier alpha value is -1.60. The van der Waals surface area contributed by atoms with Crippen LogP contribution in [0, 0.1) is 0 Å². The molecule has 0 unspecified atom stereocenters. The summed E-state index contributed by atoms with van der Waals surface area (Å²) < 4.78 is 0. The number of rotatable bonds is 2. The topological polar surface area (TPSA) is 117 Å². The van der Waals surface area contributed by atoms with Crippen LogP contribution in [0.1, 0.15) is 10.5 Å². The number of aromatic carboxylic acids is 1. The summed E-state index contributed by atoms with van der Waals surface area (Å²) in [6, 6.07) is 1.07. The van der Waals surface area contributed by atoms with Gasteiger partial charge in [-0.1, -0.05) is 0 Å². The van der Waals surface area contributed by atoms with Crippen LogP contribution in [0.2, 0.25) is 0 Å². The van der Waals surface area contributed by atoms with E-state index < -0.39 is 13.1 Å². The second kappa shape index (κ2) is 3.42. The number of anilines is 1. The largest absolute Gasteiger partial charge is 0.492 e. The lowest BCUT2D eigenvalue weighted by Crippen LogP contribution is -2.33. The Morgan fingerprint density at radius 1 is 1.54 bits per heavy atom. The zero-order chi connectivity index (χ0) is 10.0. The fraction of sp³-hybridized carbons (Fsp3) is 0. The van der Waals surface area contributed by atoms with Crippen molar-refractivity contribution in [3.05, 3.63) is 18.0 Å². The van der Waals surface area contributed by atoms with E-state index in [1.807, 2.05) is 0 Å². The van der Waals surface area contributed by atoms with E-state index in [2.05, 4.69) is 4.98 Å². The minimum Gasteiger partial charge on any atom is -0.477 e. The molecule has 1 rings (SSSR count). The Balaban J connectivity index is 3.13. The lowest BCUT2D eigenvalue weighted by molar-refractivity contribution is 0.0690. The highest BCUT2D eigenvalue weighted by atomic mass is 16.4. The molecule has 7 heteroatoms. The molecule has 0 aliphatic carbocycles. The fourth-order valence-electron chi connectivity index (χ4n) is 0.814. The molecule has 0 fully saturated rings. The molecule has 0 spiro atoms. The summed E-state index contributed by atoms with van der Waals surface area (Å²) in [5.74, 6) is -1.22. The van der Waals surface area contributed by atoms with Gasteiger partial charge in [-0.3, -0.25) is 0 Å². The summed E-state index contributed by atoms with van der Waals surface area (Å²) in [5.41, 5.74) is 5.08. The zero-order valence-corrected chi connectivity index (χ0v) is 6.51. The number of nitrogens with zero attached hydrogens (tertiary/aromatic N) is 1. The summed E-state index contributed by atoms with van der Waals surface area (Å²) >= 11 is 0. The van der Waals surface area contributed by atoms with Gasteiger partial charge in [-0.25, -0.2) is 9.78 Å². The molecule has 0 amide bonds. The van der Waals surface area contributed by atoms with Gasteiger partial charge in [0.1, 0.15) is 5.69 Å². The van der Waals surface area contributed by atoms with Crippen molar-refractivity contribution in [1.29, 1.82) is 0 Å². The van der Waals surface area contributed by atoms with E-state index in [1.54, 1.807) is 0 Å². The van der Waals surface area contributed by atoms with Crippen molar-refractivity contribution < 1.29 is 19.9 Å². The molecule has 6 nitrogen and oxygen atoms in total. The standard InChI is InChI=1S/C6H7BN2O4/c8-4-1-5(6(10)11)9-2-3(4)7(12)13/h1-2,12-13H,(H2,8,9)(H,10,11). The minimum absolute atomic E-state index is 0.00926. The Morgan fingerprint density at radius 2 is 2.15 bits per heavy atom. The molecule has 0 bridgehead atoms. The third-order valence-corrected chi connectivity index (χ3v) is 1.47. The summed E-state index contributed by atoms with van der Waals surface area (Å²) in [7, 11) is -1.74. The van der Waals surface area contributed by atoms with Crippen LogP contribution in [0.3, 0.4) is 0 Å². The molecule has 0 saturated heterocycles. The van der Waals surface area contributed by atoms with E-state index in [-0.39, 0.29) is 16.8 Å². The number of carboxylic acid groups (broad SMARTS) is 1. The van der Waals surface area contributed by atoms with Crippen molar-refractivity contribution in [3.8, 4) is 0 Å². The van der Waals surface area contributed by atoms with E-state index in [9.17, 15) is 4.79 Å². The van der Waals surface area contributed by atoms with E-state index in [1.165, 1.54) is 0 Å². The van der Waals surface area contributed by atoms with Gasteiger partial charge >= 0.3 is 13.1 Å². The van der Waals surface area contributed by atoms with Gasteiger partial charge in [-0.05, 0) is 6.07 Å². The number of nitrogens with two attached hydrogens (primary N) is 1. The molecule has 1 aromatic rings. The Labute approximate surface area is 73.8 Å². The van der Waals surface area contributed by atoms with E-state index in [0.29, 0.717) is 0 Å². The molecule has 0 aliphatic heterocycles. The van der Waals surface area contributed by atoms with Crippen molar-refractivity contribution in [2.45, 2.75) is 0 Å². The summed E-state index contributed by atoms with van der Waals surface area (Å²) in [6.07, 6.45) is 1.02. The molecule has 1 heterocycles. The Morgan fingerprint density at radius 3 is 2.54 bits per heavy atom. The third-order valence-electron chi connectivity index (χ3n) is 1.47. The average molecular weight is 182 g/mol. The maximum Gasteiger partial charge on any atom is 0.492 e. The first-order chi connectivity index (χ1) is 6.02. The smallest absolute Gasteiger partial charge is 0.477 e. The van der Waals surface area contributed by atoms with Crippen LogP contribution in [-0.4, -0.2) is 33.2 Å². The Kier molecular flexibility index (Phi) is 2.50. The second-order valence-electron chi connectivity index (χ2n) is 2.38. The van der Waals surface area contributed by atoms with Crippen molar-refractivity contribution in [2.24, 2.45) is 0 Å². The monoisotopic (exact) mass is 182 g/mol. The first-order valence-corrected chi connectivity index (χ1v) is 3.37. The van der Waals surface area contributed by atoms with E-state index >= 15 is 0 Å². The highest BCUT2D eigenvalue weighted by molar-refractivity contribution is 6.60. The zero-order valence-electron chi connectivity index (χ0n) is 6.51. The molecule has 0 aliphatic rings. The van der Waals surface area contributed by atoms with Crippen LogP contribution in [0.4, 0.5) is 5.69 Å². The molecule has 13 heavy (non-hydrogen) atoms. The van der Waals surface area contributed by atoms with Gasteiger partial charge in [0.2, 0.25) is 0 Å². The summed E-state index contributed by atoms with van der Waals surface area (Å²) in [6.45, 7) is 0. The molecule has 0 radical (unpaired) electrons. The van der Waals surface area contributed by atoms with Gasteiger partial charge in [0.05, 0.1) is 0 Å². The van der Waals surface area contributed by atoms with Crippen LogP contribution < -0.4 is 11.2 Å². The van der Waals surface area contributed by atoms with Crippen molar-refractivity contribution >= 4 is 24.2 Å². The third kappa shape index (κ3) is 1.95. The number of pyridine rings is 1. The highest BCUT2D eigenvalue weighted by Gasteiger charge is 2.16. The number of hydrogen-bond donors (Lipinski definition) is 4. The van der Waals surface area contributed by atoms with Crippen molar-refractivity contribution in [2.75, 3.05) is 5.73 Å². The second-order valence-corrected chi connectivity index (χ2v) is 2.38. The fourth-order valence-corrected chi connectivity index (χ4v) is 0.814. The number of hydrogen-bond acceptors (Lipinski definition) is 5. The highest BCUT2D eigenvalue weighted by Crippen LogP contribution is 2.01. The molecule has 0 atom stereocenters. The van der Waals surface area contributed by atoms with Crippen LogP contribution in [0.15, 0.2) is 12.3 Å². The van der Waals surface area contributed by atoms with Gasteiger partial charge < -0.3 is 20.9 Å². The van der Waals surface area contributed by atoms with Crippen LogP contribution in [-0.2, 0) is 0 Å². The van der Waals surface area contributed by atoms with Crippen molar-refractivity contribution in [3.63, 3.8) is 0 Å². The molecule has 1 aromatic heterocycles. The quantitative estimate of drug-likeness (QED) is 0.394. The molecule has 0 saturated carbocycles. The predicted molar refractivity (Wildman–Crippen MR) is 45.4 cm³/mol. The molecule has 68 valence electrons. The lowest BCUT2D eigenvalue weighted by atomic mass is 9.80. The normalized spacial score (nSPS) is 9.69. The summed E-state index contributed by atoms with van der Waals surface area (Å²) in [4.78, 5) is 13.9. The van der Waals surface area contributed by atoms with Crippen LogP contribution in [0.25, 0.3) is 0 Å². The summed E-state index contributed by atoms with van der Waals surface area (Å²) in [5, 5.41) is 25.9. The lowest BCUT2D eigenvalue weighted by Gasteiger charge is -2.03. The number of carbonyl (C=O) groups is 1. The van der Waals surface area contributed by atoms with Gasteiger partial charge in [-0.15, -0.1) is 0 Å².